The smallest absolute Gasteiger partial charge is 0.150 e. The summed E-state index contributed by atoms with van der Waals surface area (Å²) in [7, 11) is 0. The summed E-state index contributed by atoms with van der Waals surface area (Å²) in [6.07, 6.45) is 1.77. The number of benzene rings is 1. The van der Waals surface area contributed by atoms with Crippen LogP contribution in [0.4, 0.5) is 14.5 Å². The Labute approximate surface area is 133 Å². The van der Waals surface area contributed by atoms with Gasteiger partial charge in [-0.15, -0.1) is 11.3 Å². The summed E-state index contributed by atoms with van der Waals surface area (Å²) in [5.41, 5.74) is 2.14. The molecule has 0 spiro atoms. The van der Waals surface area contributed by atoms with E-state index >= 15 is 0 Å². The first-order valence-corrected chi connectivity index (χ1v) is 7.96. The van der Waals surface area contributed by atoms with Gasteiger partial charge in [0, 0.05) is 16.7 Å². The van der Waals surface area contributed by atoms with Crippen molar-refractivity contribution in [1.29, 1.82) is 0 Å². The third kappa shape index (κ3) is 2.91. The lowest BCUT2D eigenvalue weighted by Gasteiger charge is -2.17. The topological polar surface area (TPSA) is 24.9 Å². The van der Waals surface area contributed by atoms with Crippen LogP contribution in [0.1, 0.15) is 18.5 Å². The molecule has 2 heterocycles. The molecule has 3 aromatic rings. The molecule has 0 saturated heterocycles. The molecule has 2 nitrogen and oxygen atoms in total. The number of nitrogens with one attached hydrogen (secondary N) is 1. The number of hydrogen-bond acceptors (Lipinski definition) is 3. The number of halogens is 3. The lowest BCUT2D eigenvalue weighted by atomic mass is 10.1. The molecule has 1 N–H and O–H groups in total. The third-order valence-electron chi connectivity index (χ3n) is 3.19. The van der Waals surface area contributed by atoms with E-state index in [0.29, 0.717) is 4.47 Å². The van der Waals surface area contributed by atoms with Gasteiger partial charge in [0.15, 0.2) is 0 Å². The summed E-state index contributed by atoms with van der Waals surface area (Å²) in [5.74, 6) is -1.24. The number of rotatable bonds is 3. The van der Waals surface area contributed by atoms with Gasteiger partial charge in [0.1, 0.15) is 11.6 Å². The van der Waals surface area contributed by atoms with Crippen LogP contribution in [0.5, 0.6) is 0 Å². The number of hydrogen-bond donors (Lipinski definition) is 1. The Morgan fingerprint density at radius 3 is 2.86 bits per heavy atom. The first-order valence-electron chi connectivity index (χ1n) is 6.29. The molecule has 6 heteroatoms. The van der Waals surface area contributed by atoms with Crippen LogP contribution in [0.2, 0.25) is 0 Å². The third-order valence-corrected chi connectivity index (χ3v) is 4.67. The summed E-state index contributed by atoms with van der Waals surface area (Å²) in [6, 6.07) is 5.93. The molecule has 2 aromatic heterocycles. The Hall–Kier alpha value is -1.53. The zero-order valence-electron chi connectivity index (χ0n) is 11.0. The van der Waals surface area contributed by atoms with E-state index < -0.39 is 11.6 Å². The van der Waals surface area contributed by atoms with Gasteiger partial charge in [-0.3, -0.25) is 4.98 Å². The fourth-order valence-electron chi connectivity index (χ4n) is 2.08. The molecule has 0 aliphatic rings. The minimum atomic E-state index is -0.626. The van der Waals surface area contributed by atoms with Crippen molar-refractivity contribution >= 4 is 43.2 Å². The Kier molecular flexibility index (Phi) is 3.91. The average molecular weight is 369 g/mol. The number of anilines is 1. The zero-order valence-corrected chi connectivity index (χ0v) is 13.4. The molecule has 21 heavy (non-hydrogen) atoms. The number of thiophene rings is 1. The lowest BCUT2D eigenvalue weighted by molar-refractivity contribution is 0.582. The van der Waals surface area contributed by atoms with E-state index in [1.165, 1.54) is 6.07 Å². The largest absolute Gasteiger partial charge is 0.375 e. The van der Waals surface area contributed by atoms with Gasteiger partial charge >= 0.3 is 0 Å². The van der Waals surface area contributed by atoms with Crippen molar-refractivity contribution in [1.82, 2.24) is 4.98 Å². The van der Waals surface area contributed by atoms with Crippen LogP contribution in [-0.2, 0) is 0 Å². The fraction of sp³-hybridized carbons (Fsp3) is 0.133. The normalized spacial score (nSPS) is 12.6. The van der Waals surface area contributed by atoms with Crippen molar-refractivity contribution < 1.29 is 8.78 Å². The van der Waals surface area contributed by atoms with E-state index in [1.807, 2.05) is 24.4 Å². The van der Waals surface area contributed by atoms with Crippen molar-refractivity contribution in [3.63, 3.8) is 0 Å². The Morgan fingerprint density at radius 1 is 1.29 bits per heavy atom. The van der Waals surface area contributed by atoms with E-state index in [4.69, 9.17) is 0 Å². The quantitative estimate of drug-likeness (QED) is 0.659. The van der Waals surface area contributed by atoms with Crippen LogP contribution in [0.15, 0.2) is 40.3 Å². The minimum Gasteiger partial charge on any atom is -0.375 e. The highest BCUT2D eigenvalue weighted by atomic mass is 79.9. The molecule has 3 rings (SSSR count). The van der Waals surface area contributed by atoms with Gasteiger partial charge in [-0.25, -0.2) is 8.78 Å². The standard InChI is InChI=1S/C15H11BrF2N2S/c1-8(9-4-14-13(19-7-9)2-3-21-14)20-15-11(16)5-10(17)6-12(15)18/h2-8,20H,1H3. The van der Waals surface area contributed by atoms with Gasteiger partial charge in [-0.05, 0) is 52.0 Å². The highest BCUT2D eigenvalue weighted by molar-refractivity contribution is 9.10. The van der Waals surface area contributed by atoms with E-state index in [-0.39, 0.29) is 11.7 Å². The minimum absolute atomic E-state index is 0.153. The van der Waals surface area contributed by atoms with Crippen LogP contribution in [-0.4, -0.2) is 4.98 Å². The van der Waals surface area contributed by atoms with Crippen LogP contribution >= 0.6 is 27.3 Å². The second-order valence-corrected chi connectivity index (χ2v) is 6.49. The molecular weight excluding hydrogens is 358 g/mol. The molecule has 1 atom stereocenters. The first-order chi connectivity index (χ1) is 10.0. The Morgan fingerprint density at radius 2 is 2.10 bits per heavy atom. The summed E-state index contributed by atoms with van der Waals surface area (Å²) < 4.78 is 28.4. The first kappa shape index (κ1) is 14.4. The number of pyridine rings is 1. The maximum atomic E-state index is 13.8. The molecule has 0 aliphatic carbocycles. The van der Waals surface area contributed by atoms with E-state index in [1.54, 1.807) is 17.5 Å². The summed E-state index contributed by atoms with van der Waals surface area (Å²) in [4.78, 5) is 4.37. The molecule has 108 valence electrons. The zero-order chi connectivity index (χ0) is 15.0. The molecule has 0 amide bonds. The van der Waals surface area contributed by atoms with Crippen LogP contribution < -0.4 is 5.32 Å². The van der Waals surface area contributed by atoms with Gasteiger partial charge < -0.3 is 5.32 Å². The van der Waals surface area contributed by atoms with Crippen molar-refractivity contribution in [3.8, 4) is 0 Å². The summed E-state index contributed by atoms with van der Waals surface area (Å²) in [6.45, 7) is 1.91. The highest BCUT2D eigenvalue weighted by Crippen LogP contribution is 2.31. The molecule has 0 bridgehead atoms. The lowest BCUT2D eigenvalue weighted by Crippen LogP contribution is -2.09. The van der Waals surface area contributed by atoms with E-state index in [0.717, 1.165) is 21.8 Å². The highest BCUT2D eigenvalue weighted by Gasteiger charge is 2.14. The van der Waals surface area contributed by atoms with Crippen LogP contribution in [0.25, 0.3) is 10.2 Å². The van der Waals surface area contributed by atoms with Crippen LogP contribution in [0.3, 0.4) is 0 Å². The fourth-order valence-corrected chi connectivity index (χ4v) is 3.39. The van der Waals surface area contributed by atoms with E-state index in [2.05, 4.69) is 26.2 Å². The van der Waals surface area contributed by atoms with E-state index in [9.17, 15) is 8.78 Å². The monoisotopic (exact) mass is 368 g/mol. The Bertz CT molecular complexity index is 780. The SMILES string of the molecule is CC(Nc1c(F)cc(F)cc1Br)c1cnc2ccsc2c1. The van der Waals surface area contributed by atoms with Gasteiger partial charge in [-0.1, -0.05) is 0 Å². The average Bonchev–Trinajstić information content (AvgIpc) is 2.89. The predicted molar refractivity (Wildman–Crippen MR) is 85.7 cm³/mol. The molecule has 1 unspecified atom stereocenters. The maximum absolute atomic E-state index is 13.8. The van der Waals surface area contributed by atoms with Crippen LogP contribution in [0, 0.1) is 11.6 Å². The maximum Gasteiger partial charge on any atom is 0.150 e. The summed E-state index contributed by atoms with van der Waals surface area (Å²) in [5, 5.41) is 5.04. The summed E-state index contributed by atoms with van der Waals surface area (Å²) >= 11 is 4.79. The molecular formula is C15H11BrF2N2S. The molecule has 0 saturated carbocycles. The van der Waals surface area contributed by atoms with Gasteiger partial charge in [-0.2, -0.15) is 0 Å². The molecule has 0 aliphatic heterocycles. The number of fused-ring (bicyclic) bond motifs is 1. The predicted octanol–water partition coefficient (Wildman–Crippen LogP) is 5.51. The Balaban J connectivity index is 1.90. The van der Waals surface area contributed by atoms with Gasteiger partial charge in [0.2, 0.25) is 0 Å². The molecule has 1 aromatic carbocycles. The van der Waals surface area contributed by atoms with Crippen molar-refractivity contribution in [2.45, 2.75) is 13.0 Å². The van der Waals surface area contributed by atoms with Crippen molar-refractivity contribution in [2.24, 2.45) is 0 Å². The van der Waals surface area contributed by atoms with Crippen molar-refractivity contribution in [2.75, 3.05) is 5.32 Å². The molecule has 0 radical (unpaired) electrons. The second-order valence-electron chi connectivity index (χ2n) is 4.68. The van der Waals surface area contributed by atoms with Crippen molar-refractivity contribution in [3.05, 3.63) is 57.5 Å². The van der Waals surface area contributed by atoms with Gasteiger partial charge in [0.05, 0.1) is 21.9 Å². The number of nitrogens with zero attached hydrogens (tertiary/aromatic N) is 1. The molecule has 0 fully saturated rings. The van der Waals surface area contributed by atoms with Gasteiger partial charge in [0.25, 0.3) is 0 Å². The second kappa shape index (κ2) is 5.69. The number of aromatic nitrogens is 1.